The zero-order chi connectivity index (χ0) is 19.9. The zero-order valence-corrected chi connectivity index (χ0v) is 14.8. The van der Waals surface area contributed by atoms with Gasteiger partial charge in [-0.05, 0) is 24.6 Å². The molecule has 0 saturated carbocycles. The molecule has 1 aromatic carbocycles. The average molecular weight is 371 g/mol. The van der Waals surface area contributed by atoms with Gasteiger partial charge in [0.05, 0.1) is 12.1 Å². The van der Waals surface area contributed by atoms with E-state index in [1.807, 2.05) is 30.3 Å². The van der Waals surface area contributed by atoms with Crippen molar-refractivity contribution in [2.24, 2.45) is 0 Å². The van der Waals surface area contributed by atoms with Crippen LogP contribution in [0.2, 0.25) is 0 Å². The number of carbonyl (C=O) groups is 3. The van der Waals surface area contributed by atoms with Crippen molar-refractivity contribution in [2.75, 3.05) is 6.54 Å². The highest BCUT2D eigenvalue weighted by Crippen LogP contribution is 2.07. The minimum atomic E-state index is -2.11. The molecule has 0 aliphatic rings. The Balaban J connectivity index is 2.12. The lowest BCUT2D eigenvalue weighted by atomic mass is 10.0. The molecule has 2 atom stereocenters. The second-order valence-electron chi connectivity index (χ2n) is 6.25. The Hall–Kier alpha value is -3.26. The number of carbonyl (C=O) groups excluding carboxylic acids is 2. The number of aliphatic hydroxyl groups is 1. The molecule has 1 heterocycles. The monoisotopic (exact) mass is 371 g/mol. The molecule has 0 spiro atoms. The van der Waals surface area contributed by atoms with Crippen LogP contribution in [0.1, 0.15) is 22.8 Å². The van der Waals surface area contributed by atoms with E-state index in [0.29, 0.717) is 5.56 Å². The maximum absolute atomic E-state index is 12.5. The van der Waals surface area contributed by atoms with Gasteiger partial charge in [0.25, 0.3) is 5.91 Å². The molecule has 1 aromatic heterocycles. The molecule has 0 saturated heterocycles. The maximum atomic E-state index is 12.5. The van der Waals surface area contributed by atoms with Crippen LogP contribution in [0.25, 0.3) is 0 Å². The smallest absolute Gasteiger partial charge is 0.337 e. The molecule has 0 bridgehead atoms. The molecule has 2 amide bonds. The Morgan fingerprint density at radius 2 is 1.85 bits per heavy atom. The summed E-state index contributed by atoms with van der Waals surface area (Å²) in [5.41, 5.74) is -1.00. The van der Waals surface area contributed by atoms with Crippen molar-refractivity contribution in [1.82, 2.24) is 15.6 Å². The van der Waals surface area contributed by atoms with Crippen LogP contribution in [0.4, 0.5) is 0 Å². The van der Waals surface area contributed by atoms with Crippen LogP contribution >= 0.6 is 0 Å². The van der Waals surface area contributed by atoms with Crippen molar-refractivity contribution < 1.29 is 24.6 Å². The predicted molar refractivity (Wildman–Crippen MR) is 96.9 cm³/mol. The molecule has 2 aromatic rings. The van der Waals surface area contributed by atoms with E-state index in [2.05, 4.69) is 15.6 Å². The molecule has 142 valence electrons. The Morgan fingerprint density at radius 3 is 2.44 bits per heavy atom. The summed E-state index contributed by atoms with van der Waals surface area (Å²) in [6.07, 6.45) is 3.11. The average Bonchev–Trinajstić information content (AvgIpc) is 2.67. The fourth-order valence-corrected chi connectivity index (χ4v) is 2.26. The Labute approximate surface area is 156 Å². The minimum absolute atomic E-state index is 0.202. The lowest BCUT2D eigenvalue weighted by Gasteiger charge is -2.22. The van der Waals surface area contributed by atoms with E-state index in [0.717, 1.165) is 12.5 Å². The summed E-state index contributed by atoms with van der Waals surface area (Å²) in [5.74, 6) is -2.54. The van der Waals surface area contributed by atoms with Crippen molar-refractivity contribution in [1.29, 1.82) is 0 Å². The summed E-state index contributed by atoms with van der Waals surface area (Å²) in [5, 5.41) is 23.7. The Bertz CT molecular complexity index is 794. The van der Waals surface area contributed by atoms with Crippen molar-refractivity contribution in [2.45, 2.75) is 25.0 Å². The standard InChI is InChI=1S/C19H21N3O5/c1-19(27,18(25)26)12-21-17(24)15(10-13-6-3-2-4-7-13)22-16(23)14-8-5-9-20-11-14/h2-9,11,15,27H,10,12H2,1H3,(H,21,24)(H,22,23)(H,25,26). The largest absolute Gasteiger partial charge is 0.479 e. The van der Waals surface area contributed by atoms with Gasteiger partial charge in [0.15, 0.2) is 5.60 Å². The quantitative estimate of drug-likeness (QED) is 0.531. The van der Waals surface area contributed by atoms with E-state index in [1.54, 1.807) is 12.1 Å². The van der Waals surface area contributed by atoms with Gasteiger partial charge in [0.1, 0.15) is 6.04 Å². The fourth-order valence-electron chi connectivity index (χ4n) is 2.26. The van der Waals surface area contributed by atoms with Crippen molar-refractivity contribution in [3.8, 4) is 0 Å². The van der Waals surface area contributed by atoms with Gasteiger partial charge >= 0.3 is 5.97 Å². The van der Waals surface area contributed by atoms with Gasteiger partial charge in [-0.15, -0.1) is 0 Å². The summed E-state index contributed by atoms with van der Waals surface area (Å²) < 4.78 is 0. The minimum Gasteiger partial charge on any atom is -0.479 e. The summed E-state index contributed by atoms with van der Waals surface area (Å²) in [7, 11) is 0. The number of benzene rings is 1. The highest BCUT2D eigenvalue weighted by Gasteiger charge is 2.32. The van der Waals surface area contributed by atoms with Crippen LogP contribution in [0, 0.1) is 0 Å². The van der Waals surface area contributed by atoms with Crippen LogP contribution in [-0.2, 0) is 16.0 Å². The van der Waals surface area contributed by atoms with Gasteiger partial charge in [0.2, 0.25) is 5.91 Å². The molecule has 8 nitrogen and oxygen atoms in total. The number of carboxylic acid groups (broad SMARTS) is 1. The van der Waals surface area contributed by atoms with Crippen LogP contribution in [-0.4, -0.2) is 51.2 Å². The second kappa shape index (κ2) is 8.91. The van der Waals surface area contributed by atoms with E-state index in [9.17, 15) is 19.5 Å². The van der Waals surface area contributed by atoms with Crippen molar-refractivity contribution >= 4 is 17.8 Å². The number of carboxylic acids is 1. The number of nitrogens with one attached hydrogen (secondary N) is 2. The first-order valence-corrected chi connectivity index (χ1v) is 8.28. The molecule has 2 unspecified atom stereocenters. The topological polar surface area (TPSA) is 129 Å². The number of pyridine rings is 1. The van der Waals surface area contributed by atoms with Crippen molar-refractivity contribution in [3.63, 3.8) is 0 Å². The van der Waals surface area contributed by atoms with Crippen LogP contribution in [0.5, 0.6) is 0 Å². The third kappa shape index (κ3) is 5.89. The molecule has 2 rings (SSSR count). The third-order valence-corrected chi connectivity index (χ3v) is 3.90. The fraction of sp³-hybridized carbons (Fsp3) is 0.263. The van der Waals surface area contributed by atoms with E-state index in [-0.39, 0.29) is 6.42 Å². The SMILES string of the molecule is CC(O)(CNC(=O)C(Cc1ccccc1)NC(=O)c1cccnc1)C(=O)O. The number of nitrogens with zero attached hydrogens (tertiary/aromatic N) is 1. The number of aliphatic carboxylic acids is 1. The summed E-state index contributed by atoms with van der Waals surface area (Å²) in [6.45, 7) is 0.589. The van der Waals surface area contributed by atoms with Gasteiger partial charge in [-0.25, -0.2) is 4.79 Å². The lowest BCUT2D eigenvalue weighted by Crippen LogP contribution is -2.53. The van der Waals surface area contributed by atoms with Crippen LogP contribution in [0.3, 0.4) is 0 Å². The van der Waals surface area contributed by atoms with Gasteiger partial charge in [0, 0.05) is 18.8 Å². The predicted octanol–water partition coefficient (Wildman–Crippen LogP) is 0.374. The van der Waals surface area contributed by atoms with Crippen molar-refractivity contribution in [3.05, 3.63) is 66.0 Å². The maximum Gasteiger partial charge on any atom is 0.337 e. The summed E-state index contributed by atoms with van der Waals surface area (Å²) in [4.78, 5) is 39.8. The molecular formula is C19H21N3O5. The van der Waals surface area contributed by atoms with E-state index >= 15 is 0 Å². The Morgan fingerprint density at radius 1 is 1.15 bits per heavy atom. The van der Waals surface area contributed by atoms with Gasteiger partial charge in [-0.2, -0.15) is 0 Å². The van der Waals surface area contributed by atoms with Crippen LogP contribution < -0.4 is 10.6 Å². The second-order valence-corrected chi connectivity index (χ2v) is 6.25. The molecule has 0 aliphatic carbocycles. The zero-order valence-electron chi connectivity index (χ0n) is 14.8. The highest BCUT2D eigenvalue weighted by atomic mass is 16.4. The number of hydrogen-bond acceptors (Lipinski definition) is 5. The number of hydrogen-bond donors (Lipinski definition) is 4. The van der Waals surface area contributed by atoms with Gasteiger partial charge < -0.3 is 20.8 Å². The molecular weight excluding hydrogens is 350 g/mol. The first kappa shape index (κ1) is 20.1. The number of aromatic nitrogens is 1. The number of rotatable bonds is 8. The molecule has 0 aliphatic heterocycles. The van der Waals surface area contributed by atoms with Crippen LogP contribution in [0.15, 0.2) is 54.9 Å². The molecule has 4 N–H and O–H groups in total. The normalized spacial score (nSPS) is 13.9. The van der Waals surface area contributed by atoms with Gasteiger partial charge in [-0.1, -0.05) is 30.3 Å². The summed E-state index contributed by atoms with van der Waals surface area (Å²) >= 11 is 0. The molecule has 0 radical (unpaired) electrons. The summed E-state index contributed by atoms with van der Waals surface area (Å²) in [6, 6.07) is 11.3. The third-order valence-electron chi connectivity index (χ3n) is 3.90. The molecule has 8 heteroatoms. The molecule has 0 fully saturated rings. The molecule has 27 heavy (non-hydrogen) atoms. The van der Waals surface area contributed by atoms with Gasteiger partial charge in [-0.3, -0.25) is 14.6 Å². The number of amides is 2. The van der Waals surface area contributed by atoms with E-state index in [4.69, 9.17) is 5.11 Å². The first-order valence-electron chi connectivity index (χ1n) is 8.28. The van der Waals surface area contributed by atoms with E-state index < -0.39 is 36.0 Å². The highest BCUT2D eigenvalue weighted by molar-refractivity contribution is 5.97. The lowest BCUT2D eigenvalue weighted by molar-refractivity contribution is -0.156. The Kier molecular flexibility index (Phi) is 6.62. The van der Waals surface area contributed by atoms with E-state index in [1.165, 1.54) is 12.4 Å². The first-order chi connectivity index (χ1) is 12.8.